The molecule has 21 heavy (non-hydrogen) atoms. The lowest BCUT2D eigenvalue weighted by molar-refractivity contribution is 0.0700. The van der Waals surface area contributed by atoms with Crippen LogP contribution >= 0.6 is 11.3 Å². The van der Waals surface area contributed by atoms with Gasteiger partial charge in [-0.05, 0) is 12.1 Å². The van der Waals surface area contributed by atoms with E-state index in [-0.39, 0.29) is 10.7 Å². The summed E-state index contributed by atoms with van der Waals surface area (Å²) in [6.07, 6.45) is 0. The standard InChI is InChI=1S/C14H14FNO3S2/c15-10-2-1-3-11-12(10)9(13(20-11)14(17)18)8-16-4-6-21(19)7-5-16/h1-3H,4-8H2,(H,17,18). The number of nitrogens with zero attached hydrogens (tertiary/aromatic N) is 1. The predicted octanol–water partition coefficient (Wildman–Crippen LogP) is 2.30. The maximum atomic E-state index is 14.1. The molecule has 1 fully saturated rings. The molecule has 2 heterocycles. The summed E-state index contributed by atoms with van der Waals surface area (Å²) in [5.41, 5.74) is 0.535. The first-order valence-corrected chi connectivity index (χ1v) is 8.87. The number of carbonyl (C=O) groups is 1. The van der Waals surface area contributed by atoms with Gasteiger partial charge in [-0.15, -0.1) is 11.3 Å². The fraction of sp³-hybridized carbons (Fsp3) is 0.357. The van der Waals surface area contributed by atoms with Crippen LogP contribution in [0.3, 0.4) is 0 Å². The van der Waals surface area contributed by atoms with Gasteiger partial charge in [0.1, 0.15) is 10.7 Å². The zero-order chi connectivity index (χ0) is 15.0. The van der Waals surface area contributed by atoms with E-state index in [4.69, 9.17) is 0 Å². The number of rotatable bonds is 3. The van der Waals surface area contributed by atoms with Crippen molar-refractivity contribution < 1.29 is 18.5 Å². The van der Waals surface area contributed by atoms with Crippen LogP contribution in [0.4, 0.5) is 4.39 Å². The van der Waals surface area contributed by atoms with Crippen molar-refractivity contribution in [3.63, 3.8) is 0 Å². The van der Waals surface area contributed by atoms with Crippen molar-refractivity contribution in [1.82, 2.24) is 4.90 Å². The highest BCUT2D eigenvalue weighted by Gasteiger charge is 2.23. The number of aromatic carboxylic acids is 1. The highest BCUT2D eigenvalue weighted by atomic mass is 32.2. The molecular formula is C14H14FNO3S2. The Bertz CT molecular complexity index is 718. The van der Waals surface area contributed by atoms with Gasteiger partial charge in [-0.2, -0.15) is 0 Å². The fourth-order valence-electron chi connectivity index (χ4n) is 2.55. The molecule has 1 aliphatic rings. The summed E-state index contributed by atoms with van der Waals surface area (Å²) in [7, 11) is -0.784. The molecule has 0 aliphatic carbocycles. The molecule has 1 aromatic heterocycles. The minimum absolute atomic E-state index is 0.196. The summed E-state index contributed by atoms with van der Waals surface area (Å²) in [6, 6.07) is 4.69. The molecule has 0 amide bonds. The van der Waals surface area contributed by atoms with E-state index in [2.05, 4.69) is 0 Å². The molecule has 1 saturated heterocycles. The van der Waals surface area contributed by atoms with Gasteiger partial charge in [0, 0.05) is 57.6 Å². The molecule has 0 saturated carbocycles. The van der Waals surface area contributed by atoms with Crippen molar-refractivity contribution in [3.05, 3.63) is 34.5 Å². The van der Waals surface area contributed by atoms with Gasteiger partial charge >= 0.3 is 5.97 Å². The zero-order valence-electron chi connectivity index (χ0n) is 11.2. The number of benzene rings is 1. The molecule has 1 aromatic carbocycles. The molecule has 0 radical (unpaired) electrons. The second-order valence-electron chi connectivity index (χ2n) is 4.95. The summed E-state index contributed by atoms with van der Waals surface area (Å²) in [5, 5.41) is 9.76. The number of carboxylic acids is 1. The van der Waals surface area contributed by atoms with Crippen molar-refractivity contribution in [2.75, 3.05) is 24.6 Å². The molecule has 2 aromatic rings. The van der Waals surface area contributed by atoms with Crippen LogP contribution in [0.25, 0.3) is 10.1 Å². The summed E-state index contributed by atoms with van der Waals surface area (Å²) in [5.74, 6) is -0.224. The van der Waals surface area contributed by atoms with Gasteiger partial charge in [0.25, 0.3) is 0 Å². The van der Waals surface area contributed by atoms with Gasteiger partial charge in [-0.3, -0.25) is 9.11 Å². The van der Waals surface area contributed by atoms with Crippen molar-refractivity contribution in [2.45, 2.75) is 6.54 Å². The average Bonchev–Trinajstić information content (AvgIpc) is 2.82. The summed E-state index contributed by atoms with van der Waals surface area (Å²) in [6.45, 7) is 1.69. The van der Waals surface area contributed by atoms with Gasteiger partial charge in [-0.1, -0.05) is 6.07 Å². The van der Waals surface area contributed by atoms with Crippen LogP contribution in [0, 0.1) is 5.82 Å². The van der Waals surface area contributed by atoms with Crippen LogP contribution in [0.2, 0.25) is 0 Å². The molecule has 1 aliphatic heterocycles. The number of thiophene rings is 1. The Labute approximate surface area is 127 Å². The third-order valence-electron chi connectivity index (χ3n) is 3.61. The van der Waals surface area contributed by atoms with Gasteiger partial charge in [-0.25, -0.2) is 9.18 Å². The fourth-order valence-corrected chi connectivity index (χ4v) is 4.74. The van der Waals surface area contributed by atoms with Crippen molar-refractivity contribution >= 4 is 38.2 Å². The predicted molar refractivity (Wildman–Crippen MR) is 81.9 cm³/mol. The third-order valence-corrected chi connectivity index (χ3v) is 6.07. The topological polar surface area (TPSA) is 57.6 Å². The van der Waals surface area contributed by atoms with E-state index in [1.54, 1.807) is 12.1 Å². The third kappa shape index (κ3) is 2.86. The van der Waals surface area contributed by atoms with E-state index >= 15 is 0 Å². The molecule has 0 bridgehead atoms. The summed E-state index contributed by atoms with van der Waals surface area (Å²) in [4.78, 5) is 13.7. The normalized spacial score (nSPS) is 17.4. The van der Waals surface area contributed by atoms with E-state index < -0.39 is 16.8 Å². The van der Waals surface area contributed by atoms with E-state index in [9.17, 15) is 18.5 Å². The first kappa shape index (κ1) is 14.6. The lowest BCUT2D eigenvalue weighted by Crippen LogP contribution is -2.37. The minimum atomic E-state index is -1.02. The lowest BCUT2D eigenvalue weighted by Gasteiger charge is -2.26. The molecular weight excluding hydrogens is 313 g/mol. The zero-order valence-corrected chi connectivity index (χ0v) is 12.8. The smallest absolute Gasteiger partial charge is 0.346 e. The molecule has 1 N–H and O–H groups in total. The molecule has 0 unspecified atom stereocenters. The summed E-state index contributed by atoms with van der Waals surface area (Å²) < 4.78 is 26.1. The van der Waals surface area contributed by atoms with Crippen LogP contribution in [-0.4, -0.2) is 44.8 Å². The Hall–Kier alpha value is -1.31. The van der Waals surface area contributed by atoms with E-state index in [1.165, 1.54) is 6.07 Å². The quantitative estimate of drug-likeness (QED) is 0.940. The average molecular weight is 327 g/mol. The minimum Gasteiger partial charge on any atom is -0.477 e. The van der Waals surface area contributed by atoms with Crippen molar-refractivity contribution in [2.24, 2.45) is 0 Å². The Balaban J connectivity index is 2.01. The van der Waals surface area contributed by atoms with Gasteiger partial charge in [0.15, 0.2) is 0 Å². The molecule has 7 heteroatoms. The van der Waals surface area contributed by atoms with Crippen LogP contribution in [-0.2, 0) is 17.3 Å². The first-order valence-electron chi connectivity index (χ1n) is 6.57. The molecule has 3 rings (SSSR count). The Morgan fingerprint density at radius 3 is 2.76 bits per heavy atom. The second-order valence-corrected chi connectivity index (χ2v) is 7.70. The van der Waals surface area contributed by atoms with Gasteiger partial charge < -0.3 is 5.11 Å². The second kappa shape index (κ2) is 5.82. The van der Waals surface area contributed by atoms with Crippen LogP contribution in [0.5, 0.6) is 0 Å². The van der Waals surface area contributed by atoms with Crippen LogP contribution in [0.15, 0.2) is 18.2 Å². The number of hydrogen-bond acceptors (Lipinski definition) is 4. The highest BCUT2D eigenvalue weighted by Crippen LogP contribution is 2.34. The van der Waals surface area contributed by atoms with Crippen molar-refractivity contribution in [3.8, 4) is 0 Å². The molecule has 4 nitrogen and oxygen atoms in total. The Morgan fingerprint density at radius 1 is 1.38 bits per heavy atom. The van der Waals surface area contributed by atoms with Crippen LogP contribution < -0.4 is 0 Å². The van der Waals surface area contributed by atoms with E-state index in [0.717, 1.165) is 11.3 Å². The monoisotopic (exact) mass is 327 g/mol. The summed E-state index contributed by atoms with van der Waals surface area (Å²) >= 11 is 1.11. The maximum absolute atomic E-state index is 14.1. The van der Waals surface area contributed by atoms with Crippen molar-refractivity contribution in [1.29, 1.82) is 0 Å². The lowest BCUT2D eigenvalue weighted by atomic mass is 10.1. The first-order chi connectivity index (χ1) is 10.1. The highest BCUT2D eigenvalue weighted by molar-refractivity contribution is 7.85. The largest absolute Gasteiger partial charge is 0.477 e. The number of halogens is 1. The molecule has 0 atom stereocenters. The van der Waals surface area contributed by atoms with E-state index in [1.807, 2.05) is 4.90 Å². The maximum Gasteiger partial charge on any atom is 0.346 e. The number of fused-ring (bicyclic) bond motifs is 1. The van der Waals surface area contributed by atoms with Gasteiger partial charge in [0.2, 0.25) is 0 Å². The Morgan fingerprint density at radius 2 is 2.10 bits per heavy atom. The molecule has 0 spiro atoms. The number of carboxylic acid groups (broad SMARTS) is 1. The van der Waals surface area contributed by atoms with E-state index in [0.29, 0.717) is 46.8 Å². The SMILES string of the molecule is O=C(O)c1sc2cccc(F)c2c1CN1CCS(=O)CC1. The number of hydrogen-bond donors (Lipinski definition) is 1. The molecule has 112 valence electrons. The Kier molecular flexibility index (Phi) is 4.05. The van der Waals surface area contributed by atoms with Gasteiger partial charge in [0.05, 0.1) is 0 Å². The van der Waals surface area contributed by atoms with Crippen LogP contribution in [0.1, 0.15) is 15.2 Å².